The van der Waals surface area contributed by atoms with Gasteiger partial charge < -0.3 is 5.32 Å². The SMILES string of the molecule is Cc1cccc2ccnc(N(C(=O)c3ccc(C#N)c(-c4cccc(-c5cccnc5)c4)c3)[C@@H]3CCCNC3)c12. The highest BCUT2D eigenvalue weighted by Gasteiger charge is 2.30. The van der Waals surface area contributed by atoms with Gasteiger partial charge in [0.15, 0.2) is 0 Å². The fourth-order valence-corrected chi connectivity index (χ4v) is 5.61. The molecule has 1 N–H and O–H groups in total. The first kappa shape index (κ1) is 25.4. The number of nitriles is 1. The molecule has 5 aromatic rings. The van der Waals surface area contributed by atoms with Gasteiger partial charge in [-0.05, 0) is 84.8 Å². The lowest BCUT2D eigenvalue weighted by molar-refractivity contribution is 0.0972. The quantitative estimate of drug-likeness (QED) is 0.283. The van der Waals surface area contributed by atoms with Crippen molar-refractivity contribution in [3.8, 4) is 28.3 Å². The first-order valence-corrected chi connectivity index (χ1v) is 13.6. The lowest BCUT2D eigenvalue weighted by Crippen LogP contribution is -2.49. The summed E-state index contributed by atoms with van der Waals surface area (Å²) in [6, 6.07) is 27.7. The zero-order valence-corrected chi connectivity index (χ0v) is 22.3. The summed E-state index contributed by atoms with van der Waals surface area (Å²) in [6.07, 6.45) is 7.22. The molecular weight excluding hydrogens is 494 g/mol. The van der Waals surface area contributed by atoms with Crippen molar-refractivity contribution in [2.24, 2.45) is 0 Å². The standard InChI is InChI=1S/C34H29N5O/c1-23-6-2-7-24-14-17-38-33(32(23)24)39(30-11-5-16-37-22-30)34(40)27-12-13-28(20-35)31(19-27)26-9-3-8-25(18-26)29-10-4-15-36-21-29/h2-4,6-10,12-15,17-19,21,30,37H,5,11,16,22H2,1H3/t30-/m1/s1. The Hall–Kier alpha value is -4.86. The molecule has 1 aliphatic rings. The highest BCUT2D eigenvalue weighted by Crippen LogP contribution is 2.33. The van der Waals surface area contributed by atoms with Gasteiger partial charge in [0.05, 0.1) is 17.7 Å². The summed E-state index contributed by atoms with van der Waals surface area (Å²) in [5.41, 5.74) is 5.71. The number of piperidine rings is 1. The minimum absolute atomic E-state index is 0.0352. The molecule has 0 unspecified atom stereocenters. The van der Waals surface area contributed by atoms with E-state index in [1.807, 2.05) is 65.7 Å². The topological polar surface area (TPSA) is 81.9 Å². The highest BCUT2D eigenvalue weighted by atomic mass is 16.2. The molecule has 3 aromatic carbocycles. The molecule has 0 bridgehead atoms. The molecule has 1 saturated heterocycles. The molecule has 0 aliphatic carbocycles. The van der Waals surface area contributed by atoms with Crippen LogP contribution in [-0.2, 0) is 0 Å². The van der Waals surface area contributed by atoms with E-state index in [1.54, 1.807) is 24.5 Å². The van der Waals surface area contributed by atoms with Crippen LogP contribution in [0.1, 0.15) is 34.3 Å². The number of nitrogens with one attached hydrogen (secondary N) is 1. The number of amides is 1. The first-order chi connectivity index (χ1) is 19.6. The van der Waals surface area contributed by atoms with E-state index in [4.69, 9.17) is 4.98 Å². The zero-order valence-electron chi connectivity index (χ0n) is 22.3. The molecule has 40 heavy (non-hydrogen) atoms. The van der Waals surface area contributed by atoms with Gasteiger partial charge in [-0.3, -0.25) is 14.7 Å². The number of benzene rings is 3. The predicted molar refractivity (Wildman–Crippen MR) is 159 cm³/mol. The van der Waals surface area contributed by atoms with Crippen LogP contribution in [-0.4, -0.2) is 35.0 Å². The van der Waals surface area contributed by atoms with Crippen LogP contribution in [0.25, 0.3) is 33.0 Å². The Balaban J connectivity index is 1.47. The second kappa shape index (κ2) is 11.1. The Morgan fingerprint density at radius 2 is 1.82 bits per heavy atom. The second-order valence-corrected chi connectivity index (χ2v) is 10.2. The number of pyridine rings is 2. The minimum Gasteiger partial charge on any atom is -0.315 e. The van der Waals surface area contributed by atoms with Gasteiger partial charge in [0, 0.05) is 47.2 Å². The van der Waals surface area contributed by atoms with Crippen LogP contribution in [0, 0.1) is 18.3 Å². The van der Waals surface area contributed by atoms with Gasteiger partial charge in [-0.2, -0.15) is 5.26 Å². The molecule has 6 heteroatoms. The molecule has 1 atom stereocenters. The van der Waals surface area contributed by atoms with E-state index in [9.17, 15) is 10.1 Å². The number of carbonyl (C=O) groups excluding carboxylic acids is 1. The number of anilines is 1. The molecule has 1 amide bonds. The normalized spacial score (nSPS) is 14.9. The van der Waals surface area contributed by atoms with Crippen LogP contribution in [0.4, 0.5) is 5.82 Å². The van der Waals surface area contributed by atoms with Gasteiger partial charge in [-0.15, -0.1) is 0 Å². The van der Waals surface area contributed by atoms with Crippen molar-refractivity contribution in [2.75, 3.05) is 18.0 Å². The number of hydrogen-bond donors (Lipinski definition) is 1. The van der Waals surface area contributed by atoms with Gasteiger partial charge in [-0.25, -0.2) is 4.98 Å². The van der Waals surface area contributed by atoms with Crippen LogP contribution >= 0.6 is 0 Å². The van der Waals surface area contributed by atoms with E-state index in [0.29, 0.717) is 23.5 Å². The Morgan fingerprint density at radius 3 is 2.62 bits per heavy atom. The van der Waals surface area contributed by atoms with Crippen LogP contribution in [0.3, 0.4) is 0 Å². The molecule has 0 spiro atoms. The summed E-state index contributed by atoms with van der Waals surface area (Å²) in [5, 5.41) is 15.5. The first-order valence-electron chi connectivity index (χ1n) is 13.6. The maximum atomic E-state index is 14.4. The van der Waals surface area contributed by atoms with Crippen LogP contribution in [0.2, 0.25) is 0 Å². The largest absolute Gasteiger partial charge is 0.315 e. The van der Waals surface area contributed by atoms with E-state index in [1.165, 1.54) is 0 Å². The third-order valence-corrected chi connectivity index (χ3v) is 7.62. The average molecular weight is 524 g/mol. The van der Waals surface area contributed by atoms with Gasteiger partial charge in [0.2, 0.25) is 0 Å². The van der Waals surface area contributed by atoms with Crippen molar-refractivity contribution in [1.82, 2.24) is 15.3 Å². The highest BCUT2D eigenvalue weighted by molar-refractivity contribution is 6.11. The summed E-state index contributed by atoms with van der Waals surface area (Å²) < 4.78 is 0. The monoisotopic (exact) mass is 523 g/mol. The van der Waals surface area contributed by atoms with Gasteiger partial charge in [0.25, 0.3) is 5.91 Å². The van der Waals surface area contributed by atoms with Crippen molar-refractivity contribution in [3.63, 3.8) is 0 Å². The minimum atomic E-state index is -0.119. The molecular formula is C34H29N5O. The fraction of sp³-hybridized carbons (Fsp3) is 0.176. The van der Waals surface area contributed by atoms with Crippen LogP contribution < -0.4 is 10.2 Å². The molecule has 2 aromatic heterocycles. The Morgan fingerprint density at radius 1 is 0.975 bits per heavy atom. The lowest BCUT2D eigenvalue weighted by Gasteiger charge is -2.35. The van der Waals surface area contributed by atoms with E-state index >= 15 is 0 Å². The predicted octanol–water partition coefficient (Wildman–Crippen LogP) is 6.54. The molecule has 0 saturated carbocycles. The molecule has 0 radical (unpaired) electrons. The third-order valence-electron chi connectivity index (χ3n) is 7.62. The van der Waals surface area contributed by atoms with E-state index in [2.05, 4.69) is 35.4 Å². The zero-order chi connectivity index (χ0) is 27.5. The van der Waals surface area contributed by atoms with Crippen LogP contribution in [0.5, 0.6) is 0 Å². The summed E-state index contributed by atoms with van der Waals surface area (Å²) in [5.74, 6) is 0.560. The van der Waals surface area contributed by atoms with E-state index < -0.39 is 0 Å². The molecule has 6 rings (SSSR count). The molecule has 1 aliphatic heterocycles. The molecule has 196 valence electrons. The van der Waals surface area contributed by atoms with Gasteiger partial charge in [-0.1, -0.05) is 42.5 Å². The van der Waals surface area contributed by atoms with Crippen molar-refractivity contribution in [1.29, 1.82) is 5.26 Å². The van der Waals surface area contributed by atoms with Crippen molar-refractivity contribution < 1.29 is 4.79 Å². The average Bonchev–Trinajstić information content (AvgIpc) is 3.02. The second-order valence-electron chi connectivity index (χ2n) is 10.2. The van der Waals surface area contributed by atoms with Crippen LogP contribution in [0.15, 0.2) is 97.5 Å². The van der Waals surface area contributed by atoms with Crippen molar-refractivity contribution in [2.45, 2.75) is 25.8 Å². The molecule has 1 fully saturated rings. The number of fused-ring (bicyclic) bond motifs is 1. The Kier molecular flexibility index (Phi) is 7.05. The smallest absolute Gasteiger partial charge is 0.259 e. The fourth-order valence-electron chi connectivity index (χ4n) is 5.61. The van der Waals surface area contributed by atoms with E-state index in [0.717, 1.165) is 58.0 Å². The van der Waals surface area contributed by atoms with E-state index in [-0.39, 0.29) is 11.9 Å². The van der Waals surface area contributed by atoms with Gasteiger partial charge >= 0.3 is 0 Å². The molecule has 6 nitrogen and oxygen atoms in total. The number of aromatic nitrogens is 2. The van der Waals surface area contributed by atoms with Gasteiger partial charge in [0.1, 0.15) is 5.82 Å². The maximum Gasteiger partial charge on any atom is 0.259 e. The Labute approximate surface area is 234 Å². The van der Waals surface area contributed by atoms with Crippen molar-refractivity contribution in [3.05, 3.63) is 114 Å². The summed E-state index contributed by atoms with van der Waals surface area (Å²) in [4.78, 5) is 25.3. The number of hydrogen-bond acceptors (Lipinski definition) is 5. The summed E-state index contributed by atoms with van der Waals surface area (Å²) in [6.45, 7) is 3.70. The molecule has 3 heterocycles. The summed E-state index contributed by atoms with van der Waals surface area (Å²) in [7, 11) is 0. The Bertz CT molecular complexity index is 1730. The number of aryl methyl sites for hydroxylation is 1. The lowest BCUT2D eigenvalue weighted by atomic mass is 9.94. The number of carbonyl (C=O) groups is 1. The van der Waals surface area contributed by atoms with Crippen molar-refractivity contribution >= 4 is 22.5 Å². The number of rotatable bonds is 5. The maximum absolute atomic E-state index is 14.4. The summed E-state index contributed by atoms with van der Waals surface area (Å²) >= 11 is 0. The third kappa shape index (κ3) is 4.84. The number of nitrogens with zero attached hydrogens (tertiary/aromatic N) is 4.